The number of rotatable bonds is 15. The van der Waals surface area contributed by atoms with Crippen LogP contribution in [0.4, 0.5) is 0 Å². The molecule has 2 unspecified atom stereocenters. The largest absolute Gasteiger partial charge is 0.311 e. The number of hydrogen-bond donors (Lipinski definition) is 4. The molecule has 0 radical (unpaired) electrons. The summed E-state index contributed by atoms with van der Waals surface area (Å²) in [5.41, 5.74) is 6.72. The second-order valence-corrected chi connectivity index (χ2v) is 15.9. The van der Waals surface area contributed by atoms with Crippen molar-refractivity contribution in [1.29, 1.82) is 0 Å². The molecular formula is C52H58N4. The Labute approximate surface area is 335 Å². The van der Waals surface area contributed by atoms with Crippen LogP contribution in [-0.4, -0.2) is 37.3 Å². The van der Waals surface area contributed by atoms with Crippen LogP contribution in [0.5, 0.6) is 0 Å². The van der Waals surface area contributed by atoms with Gasteiger partial charge in [0.25, 0.3) is 0 Å². The van der Waals surface area contributed by atoms with Crippen molar-refractivity contribution in [3.8, 4) is 0 Å². The van der Waals surface area contributed by atoms with Crippen LogP contribution < -0.4 is 21.3 Å². The fourth-order valence-electron chi connectivity index (χ4n) is 9.80. The molecule has 6 aromatic carbocycles. The molecule has 4 heteroatoms. The van der Waals surface area contributed by atoms with Crippen LogP contribution in [-0.2, 0) is 11.1 Å². The summed E-state index contributed by atoms with van der Waals surface area (Å²) in [4.78, 5) is 0. The zero-order chi connectivity index (χ0) is 37.9. The standard InChI is InChI=1S/C52H58N4/c1-7-23-41(24-8-1)51(42-25-9-2-10-26-42,43-27-11-3-12-28-43)55-49-37-21-19-35-47(49)53-39-40-54-48-36-20-22-38-50(48)56-52(44-29-13-4-14-30-44,45-31-15-5-16-32-45)46-33-17-6-18-34-46/h1-18,23-34,47-50,53-56H,19-22,35-40H2/t47?,48?,49-,50-/m1/s1. The van der Waals surface area contributed by atoms with Crippen molar-refractivity contribution in [3.63, 3.8) is 0 Å². The zero-order valence-electron chi connectivity index (χ0n) is 32.7. The van der Waals surface area contributed by atoms with Gasteiger partial charge < -0.3 is 10.6 Å². The smallest absolute Gasteiger partial charge is 0.0950 e. The highest BCUT2D eigenvalue weighted by atomic mass is 15.1. The summed E-state index contributed by atoms with van der Waals surface area (Å²) >= 11 is 0. The van der Waals surface area contributed by atoms with E-state index in [2.05, 4.69) is 203 Å². The highest BCUT2D eigenvalue weighted by molar-refractivity contribution is 5.51. The third kappa shape index (κ3) is 8.17. The molecule has 2 aliphatic rings. The van der Waals surface area contributed by atoms with Crippen molar-refractivity contribution in [2.75, 3.05) is 13.1 Å². The normalized spacial score (nSPS) is 20.4. The summed E-state index contributed by atoms with van der Waals surface area (Å²) in [6.07, 6.45) is 9.64. The molecule has 0 saturated heterocycles. The first kappa shape index (κ1) is 38.1. The van der Waals surface area contributed by atoms with Gasteiger partial charge in [0.05, 0.1) is 11.1 Å². The highest BCUT2D eigenvalue weighted by Gasteiger charge is 2.42. The Bertz CT molecular complexity index is 1680. The maximum Gasteiger partial charge on any atom is 0.0950 e. The highest BCUT2D eigenvalue weighted by Crippen LogP contribution is 2.40. The minimum atomic E-state index is -0.465. The fourth-order valence-corrected chi connectivity index (χ4v) is 9.80. The Morgan fingerprint density at radius 2 is 0.518 bits per heavy atom. The summed E-state index contributed by atoms with van der Waals surface area (Å²) in [5, 5.41) is 16.9. The molecule has 0 aromatic heterocycles. The molecule has 0 aliphatic heterocycles. The maximum atomic E-state index is 4.35. The van der Waals surface area contributed by atoms with E-state index < -0.39 is 11.1 Å². The molecule has 4 nitrogen and oxygen atoms in total. The van der Waals surface area contributed by atoms with Crippen molar-refractivity contribution in [3.05, 3.63) is 215 Å². The summed E-state index contributed by atoms with van der Waals surface area (Å²) in [6, 6.07) is 67.8. The van der Waals surface area contributed by atoms with Crippen molar-refractivity contribution in [2.24, 2.45) is 0 Å². The van der Waals surface area contributed by atoms with Crippen LogP contribution in [0.3, 0.4) is 0 Å². The molecule has 0 heterocycles. The van der Waals surface area contributed by atoms with E-state index in [1.54, 1.807) is 0 Å². The minimum Gasteiger partial charge on any atom is -0.311 e. The molecule has 2 aliphatic carbocycles. The van der Waals surface area contributed by atoms with Crippen LogP contribution in [0.15, 0.2) is 182 Å². The van der Waals surface area contributed by atoms with Crippen LogP contribution in [0.25, 0.3) is 0 Å². The zero-order valence-corrected chi connectivity index (χ0v) is 32.7. The second kappa shape index (κ2) is 18.4. The predicted molar refractivity (Wildman–Crippen MR) is 233 cm³/mol. The quantitative estimate of drug-likeness (QED) is 0.0626. The molecule has 4 atom stereocenters. The lowest BCUT2D eigenvalue weighted by atomic mass is 9.75. The minimum absolute atomic E-state index is 0.316. The first-order valence-corrected chi connectivity index (χ1v) is 21.1. The van der Waals surface area contributed by atoms with Gasteiger partial charge in [-0.1, -0.05) is 208 Å². The van der Waals surface area contributed by atoms with E-state index in [-0.39, 0.29) is 0 Å². The first-order valence-electron chi connectivity index (χ1n) is 21.1. The van der Waals surface area contributed by atoms with E-state index in [1.165, 1.54) is 71.9 Å². The van der Waals surface area contributed by atoms with E-state index in [9.17, 15) is 0 Å². The van der Waals surface area contributed by atoms with Gasteiger partial charge in [-0.05, 0) is 59.1 Å². The van der Waals surface area contributed by atoms with Crippen molar-refractivity contribution >= 4 is 0 Å². The lowest BCUT2D eigenvalue weighted by Crippen LogP contribution is -2.59. The van der Waals surface area contributed by atoms with Crippen LogP contribution >= 0.6 is 0 Å². The summed E-state index contributed by atoms with van der Waals surface area (Å²) < 4.78 is 0. The maximum absolute atomic E-state index is 4.35. The molecule has 8 rings (SSSR count). The lowest BCUT2D eigenvalue weighted by Gasteiger charge is -2.44. The van der Waals surface area contributed by atoms with E-state index in [1.807, 2.05) is 0 Å². The molecule has 0 spiro atoms. The SMILES string of the molecule is c1ccc(C(N[C@@H]2CCCCC2NCCNC2CCCC[C@H]2NC(c2ccccc2)(c2ccccc2)c2ccccc2)(c2ccccc2)c2ccccc2)cc1. The molecular weight excluding hydrogens is 681 g/mol. The molecule has 0 bridgehead atoms. The van der Waals surface area contributed by atoms with Gasteiger partial charge in [0.1, 0.15) is 0 Å². The molecule has 286 valence electrons. The Hall–Kier alpha value is -4.84. The molecule has 2 saturated carbocycles. The second-order valence-electron chi connectivity index (χ2n) is 15.9. The van der Waals surface area contributed by atoms with Crippen molar-refractivity contribution < 1.29 is 0 Å². The Balaban J connectivity index is 1.01. The lowest BCUT2D eigenvalue weighted by molar-refractivity contribution is 0.234. The third-order valence-electron chi connectivity index (χ3n) is 12.5. The van der Waals surface area contributed by atoms with Crippen LogP contribution in [0.2, 0.25) is 0 Å². The van der Waals surface area contributed by atoms with Crippen LogP contribution in [0, 0.1) is 0 Å². The Morgan fingerprint density at radius 3 is 0.750 bits per heavy atom. The molecule has 4 N–H and O–H groups in total. The summed E-state index contributed by atoms with van der Waals surface area (Å²) in [6.45, 7) is 1.87. The molecule has 0 amide bonds. The van der Waals surface area contributed by atoms with Gasteiger partial charge in [0.15, 0.2) is 0 Å². The van der Waals surface area contributed by atoms with Gasteiger partial charge in [-0.2, -0.15) is 0 Å². The van der Waals surface area contributed by atoms with Crippen molar-refractivity contribution in [1.82, 2.24) is 21.3 Å². The molecule has 2 fully saturated rings. The van der Waals surface area contributed by atoms with E-state index in [0.29, 0.717) is 24.2 Å². The predicted octanol–water partition coefficient (Wildman–Crippen LogP) is 9.95. The van der Waals surface area contributed by atoms with Gasteiger partial charge in [0, 0.05) is 37.3 Å². The van der Waals surface area contributed by atoms with Gasteiger partial charge >= 0.3 is 0 Å². The number of hydrogen-bond acceptors (Lipinski definition) is 4. The van der Waals surface area contributed by atoms with Gasteiger partial charge in [-0.15, -0.1) is 0 Å². The molecule has 6 aromatic rings. The monoisotopic (exact) mass is 738 g/mol. The summed E-state index contributed by atoms with van der Waals surface area (Å²) in [5.74, 6) is 0. The van der Waals surface area contributed by atoms with Crippen LogP contribution in [0.1, 0.15) is 84.7 Å². The Kier molecular flexibility index (Phi) is 12.5. The number of nitrogens with one attached hydrogen (secondary N) is 4. The average molecular weight is 739 g/mol. The van der Waals surface area contributed by atoms with Gasteiger partial charge in [-0.25, -0.2) is 0 Å². The number of benzene rings is 6. The summed E-state index contributed by atoms with van der Waals surface area (Å²) in [7, 11) is 0. The van der Waals surface area contributed by atoms with E-state index in [0.717, 1.165) is 25.9 Å². The average Bonchev–Trinajstić information content (AvgIpc) is 3.29. The topological polar surface area (TPSA) is 48.1 Å². The van der Waals surface area contributed by atoms with Crippen molar-refractivity contribution in [2.45, 2.75) is 86.6 Å². The van der Waals surface area contributed by atoms with E-state index >= 15 is 0 Å². The van der Waals surface area contributed by atoms with E-state index in [4.69, 9.17) is 0 Å². The fraction of sp³-hybridized carbons (Fsp3) is 0.308. The van der Waals surface area contributed by atoms with Gasteiger partial charge in [0.2, 0.25) is 0 Å². The third-order valence-corrected chi connectivity index (χ3v) is 12.5. The first-order chi connectivity index (χ1) is 27.8. The Morgan fingerprint density at radius 1 is 0.304 bits per heavy atom. The molecule has 56 heavy (non-hydrogen) atoms. The van der Waals surface area contributed by atoms with Gasteiger partial charge in [-0.3, -0.25) is 10.6 Å².